The molecule has 2 rings (SSSR count). The number of hydrogen-bond donors (Lipinski definition) is 2. The van der Waals surface area contributed by atoms with Crippen LogP contribution in [0.2, 0.25) is 0 Å². The third-order valence-corrected chi connectivity index (χ3v) is 2.52. The van der Waals surface area contributed by atoms with Crippen molar-refractivity contribution in [1.82, 2.24) is 10.6 Å². The van der Waals surface area contributed by atoms with Gasteiger partial charge >= 0.3 is 0 Å². The number of rotatable bonds is 0. The summed E-state index contributed by atoms with van der Waals surface area (Å²) < 4.78 is 0. The molecule has 60 valence electrons. The molecule has 0 aromatic rings. The molecule has 0 spiro atoms. The lowest BCUT2D eigenvalue weighted by atomic mass is 9.94. The monoisotopic (exact) mass is 154 g/mol. The Morgan fingerprint density at radius 1 is 1.36 bits per heavy atom. The molecule has 2 N–H and O–H groups in total. The van der Waals surface area contributed by atoms with Gasteiger partial charge in [0, 0.05) is 12.6 Å². The van der Waals surface area contributed by atoms with Crippen molar-refractivity contribution in [2.45, 2.75) is 13.0 Å². The van der Waals surface area contributed by atoms with Crippen LogP contribution in [0.15, 0.2) is 0 Å². The minimum absolute atomic E-state index is 0.113. The summed E-state index contributed by atoms with van der Waals surface area (Å²) in [6.45, 7) is 2.58. The van der Waals surface area contributed by atoms with E-state index in [1.165, 1.54) is 0 Å². The molecular formula is C7H10N2O2. The van der Waals surface area contributed by atoms with Gasteiger partial charge in [-0.25, -0.2) is 0 Å². The topological polar surface area (TPSA) is 58.2 Å². The van der Waals surface area contributed by atoms with E-state index in [1.54, 1.807) is 0 Å². The molecule has 0 radical (unpaired) electrons. The average Bonchev–Trinajstić information content (AvgIpc) is 2.41. The molecule has 0 saturated carbocycles. The van der Waals surface area contributed by atoms with E-state index in [4.69, 9.17) is 0 Å². The molecule has 0 aliphatic carbocycles. The minimum atomic E-state index is -0.123. The second-order valence-corrected chi connectivity index (χ2v) is 3.18. The maximum Gasteiger partial charge on any atom is 0.232 e. The van der Waals surface area contributed by atoms with Crippen LogP contribution >= 0.6 is 0 Å². The van der Waals surface area contributed by atoms with Crippen LogP contribution in [0.5, 0.6) is 0 Å². The Hall–Kier alpha value is -0.900. The number of carbonyl (C=O) groups excluding carboxylic acids is 2. The van der Waals surface area contributed by atoms with Crippen LogP contribution in [0.3, 0.4) is 0 Å². The quantitative estimate of drug-likeness (QED) is 0.434. The van der Waals surface area contributed by atoms with Gasteiger partial charge in [0.1, 0.15) is 0 Å². The molecule has 3 unspecified atom stereocenters. The van der Waals surface area contributed by atoms with Gasteiger partial charge in [-0.15, -0.1) is 0 Å². The predicted molar refractivity (Wildman–Crippen MR) is 37.6 cm³/mol. The lowest BCUT2D eigenvalue weighted by Crippen LogP contribution is -2.33. The van der Waals surface area contributed by atoms with Gasteiger partial charge in [-0.1, -0.05) is 0 Å². The SMILES string of the molecule is CC1NCC2C(=O)NC(=O)C12. The Labute approximate surface area is 64.3 Å². The maximum atomic E-state index is 11.1. The van der Waals surface area contributed by atoms with E-state index in [9.17, 15) is 9.59 Å². The Balaban J connectivity index is 2.28. The number of nitrogens with one attached hydrogen (secondary N) is 2. The molecular weight excluding hydrogens is 144 g/mol. The second kappa shape index (κ2) is 2.04. The first kappa shape index (κ1) is 6.79. The molecule has 2 amide bonds. The molecule has 2 saturated heterocycles. The van der Waals surface area contributed by atoms with E-state index in [-0.39, 0.29) is 29.7 Å². The van der Waals surface area contributed by atoms with Crippen molar-refractivity contribution < 1.29 is 9.59 Å². The molecule has 0 aromatic carbocycles. The minimum Gasteiger partial charge on any atom is -0.313 e. The van der Waals surface area contributed by atoms with Crippen LogP contribution in [0.4, 0.5) is 0 Å². The van der Waals surface area contributed by atoms with Crippen molar-refractivity contribution in [3.63, 3.8) is 0 Å². The highest BCUT2D eigenvalue weighted by atomic mass is 16.2. The first-order valence-electron chi connectivity index (χ1n) is 3.78. The standard InChI is InChI=1S/C7H10N2O2/c1-3-5-4(2-8-3)6(10)9-7(5)11/h3-5,8H,2H2,1H3,(H,9,10,11). The number of carbonyl (C=O) groups is 2. The zero-order chi connectivity index (χ0) is 8.01. The number of amides is 2. The maximum absolute atomic E-state index is 11.1. The highest BCUT2D eigenvalue weighted by Gasteiger charge is 2.48. The first-order chi connectivity index (χ1) is 5.20. The summed E-state index contributed by atoms with van der Waals surface area (Å²) >= 11 is 0. The van der Waals surface area contributed by atoms with Crippen molar-refractivity contribution in [1.29, 1.82) is 0 Å². The molecule has 0 aromatic heterocycles. The Bertz CT molecular complexity index is 226. The van der Waals surface area contributed by atoms with Crippen LogP contribution in [0, 0.1) is 11.8 Å². The molecule has 2 heterocycles. The molecule has 4 nitrogen and oxygen atoms in total. The fraction of sp³-hybridized carbons (Fsp3) is 0.714. The summed E-state index contributed by atoms with van der Waals surface area (Å²) in [7, 11) is 0. The van der Waals surface area contributed by atoms with E-state index in [2.05, 4.69) is 10.6 Å². The lowest BCUT2D eigenvalue weighted by Gasteiger charge is -2.07. The van der Waals surface area contributed by atoms with Gasteiger partial charge < -0.3 is 5.32 Å². The van der Waals surface area contributed by atoms with Gasteiger partial charge in [-0.3, -0.25) is 14.9 Å². The van der Waals surface area contributed by atoms with Crippen molar-refractivity contribution in [3.05, 3.63) is 0 Å². The summed E-state index contributed by atoms with van der Waals surface area (Å²) in [6.07, 6.45) is 0. The fourth-order valence-corrected chi connectivity index (χ4v) is 1.88. The Kier molecular flexibility index (Phi) is 1.26. The van der Waals surface area contributed by atoms with Gasteiger partial charge in [-0.2, -0.15) is 0 Å². The summed E-state index contributed by atoms with van der Waals surface area (Å²) in [4.78, 5) is 22.1. The van der Waals surface area contributed by atoms with Gasteiger partial charge in [0.05, 0.1) is 11.8 Å². The molecule has 0 bridgehead atoms. The highest BCUT2D eigenvalue weighted by Crippen LogP contribution is 2.26. The van der Waals surface area contributed by atoms with Crippen LogP contribution in [-0.2, 0) is 9.59 Å². The zero-order valence-electron chi connectivity index (χ0n) is 6.26. The van der Waals surface area contributed by atoms with Crippen LogP contribution in [0.1, 0.15) is 6.92 Å². The molecule has 2 fully saturated rings. The lowest BCUT2D eigenvalue weighted by molar-refractivity contribution is -0.126. The van der Waals surface area contributed by atoms with Crippen molar-refractivity contribution in [2.75, 3.05) is 6.54 Å². The first-order valence-corrected chi connectivity index (χ1v) is 3.78. The number of imide groups is 1. The van der Waals surface area contributed by atoms with E-state index in [1.807, 2.05) is 6.92 Å². The summed E-state index contributed by atoms with van der Waals surface area (Å²) in [5.41, 5.74) is 0. The van der Waals surface area contributed by atoms with E-state index in [0.717, 1.165) is 0 Å². The van der Waals surface area contributed by atoms with Crippen molar-refractivity contribution in [3.8, 4) is 0 Å². The smallest absolute Gasteiger partial charge is 0.232 e. The summed E-state index contributed by atoms with van der Waals surface area (Å²) in [5.74, 6) is -0.464. The van der Waals surface area contributed by atoms with E-state index < -0.39 is 0 Å². The van der Waals surface area contributed by atoms with Gasteiger partial charge in [0.15, 0.2) is 0 Å². The molecule has 3 atom stereocenters. The zero-order valence-corrected chi connectivity index (χ0v) is 6.26. The Morgan fingerprint density at radius 2 is 2.09 bits per heavy atom. The molecule has 2 aliphatic rings. The average molecular weight is 154 g/mol. The van der Waals surface area contributed by atoms with Gasteiger partial charge in [-0.05, 0) is 6.92 Å². The summed E-state index contributed by atoms with van der Waals surface area (Å²) in [6, 6.07) is 0.145. The van der Waals surface area contributed by atoms with Crippen LogP contribution in [-0.4, -0.2) is 24.4 Å². The van der Waals surface area contributed by atoms with E-state index in [0.29, 0.717) is 6.54 Å². The van der Waals surface area contributed by atoms with Crippen molar-refractivity contribution in [2.24, 2.45) is 11.8 Å². The second-order valence-electron chi connectivity index (χ2n) is 3.18. The largest absolute Gasteiger partial charge is 0.313 e. The number of fused-ring (bicyclic) bond motifs is 1. The highest BCUT2D eigenvalue weighted by molar-refractivity contribution is 6.05. The number of hydrogen-bond acceptors (Lipinski definition) is 3. The molecule has 2 aliphatic heterocycles. The molecule has 4 heteroatoms. The van der Waals surface area contributed by atoms with Crippen LogP contribution in [0.25, 0.3) is 0 Å². The summed E-state index contributed by atoms with van der Waals surface area (Å²) in [5, 5.41) is 5.43. The van der Waals surface area contributed by atoms with Crippen LogP contribution < -0.4 is 10.6 Å². The Morgan fingerprint density at radius 3 is 2.73 bits per heavy atom. The third kappa shape index (κ3) is 0.790. The third-order valence-electron chi connectivity index (χ3n) is 2.52. The van der Waals surface area contributed by atoms with Gasteiger partial charge in [0.25, 0.3) is 0 Å². The van der Waals surface area contributed by atoms with Crippen molar-refractivity contribution >= 4 is 11.8 Å². The normalized spacial score (nSPS) is 42.5. The fourth-order valence-electron chi connectivity index (χ4n) is 1.88. The molecule has 11 heavy (non-hydrogen) atoms. The van der Waals surface area contributed by atoms with E-state index >= 15 is 0 Å². The van der Waals surface area contributed by atoms with Gasteiger partial charge in [0.2, 0.25) is 11.8 Å². The predicted octanol–water partition coefficient (Wildman–Crippen LogP) is -1.13.